The fraction of sp³-hybridized carbons (Fsp3) is 0.500. The number of carbonyl (C=O) groups is 1. The zero-order chi connectivity index (χ0) is 15.3. The summed E-state index contributed by atoms with van der Waals surface area (Å²) in [5.74, 6) is 0.217. The van der Waals surface area contributed by atoms with Gasteiger partial charge in [0.25, 0.3) is 0 Å². The van der Waals surface area contributed by atoms with Crippen LogP contribution in [0.4, 0.5) is 0 Å². The molecule has 0 heterocycles. The molecule has 1 aliphatic rings. The van der Waals surface area contributed by atoms with E-state index in [4.69, 9.17) is 23.2 Å². The third-order valence-electron chi connectivity index (χ3n) is 4.56. The van der Waals surface area contributed by atoms with Crippen LogP contribution in [0.3, 0.4) is 0 Å². The Labute approximate surface area is 137 Å². The van der Waals surface area contributed by atoms with Gasteiger partial charge in [-0.05, 0) is 49.3 Å². The van der Waals surface area contributed by atoms with Gasteiger partial charge in [-0.1, -0.05) is 61.2 Å². The minimum atomic E-state index is -0.291. The molecule has 0 radical (unpaired) electrons. The Kier molecular flexibility index (Phi) is 5.89. The minimum Gasteiger partial charge on any atom is -0.303 e. The highest BCUT2D eigenvalue weighted by Gasteiger charge is 2.39. The second-order valence-corrected chi connectivity index (χ2v) is 6.75. The minimum absolute atomic E-state index is 0.217. The molecular weight excluding hydrogens is 303 g/mol. The maximum atomic E-state index is 11.9. The third-order valence-corrected chi connectivity index (χ3v) is 5.30. The van der Waals surface area contributed by atoms with Crippen LogP contribution in [0.1, 0.15) is 56.9 Å². The van der Waals surface area contributed by atoms with Gasteiger partial charge in [0, 0.05) is 5.41 Å². The highest BCUT2D eigenvalue weighted by Crippen LogP contribution is 2.47. The Hall–Kier alpha value is -0.790. The van der Waals surface area contributed by atoms with Crippen molar-refractivity contribution in [3.63, 3.8) is 0 Å². The summed E-state index contributed by atoms with van der Waals surface area (Å²) in [7, 11) is 0. The van der Waals surface area contributed by atoms with Gasteiger partial charge in [0.2, 0.25) is 0 Å². The van der Waals surface area contributed by atoms with Crippen molar-refractivity contribution in [3.8, 4) is 0 Å². The van der Waals surface area contributed by atoms with Gasteiger partial charge < -0.3 is 4.79 Å². The molecule has 2 unspecified atom stereocenters. The van der Waals surface area contributed by atoms with Crippen LogP contribution < -0.4 is 0 Å². The molecule has 3 heteroatoms. The van der Waals surface area contributed by atoms with Crippen LogP contribution in [0.2, 0.25) is 10.0 Å². The second-order valence-electron chi connectivity index (χ2n) is 5.93. The standard InChI is InChI=1S/C18H22Cl2O/c1-2-3-7-15(14-8-9-16(19)17(20)12-14)18(13-21)10-5-4-6-11-18/h4-5,8-9,12-13,15H,2-3,6-7,10-11H2,1H3. The molecule has 114 valence electrons. The van der Waals surface area contributed by atoms with Crippen molar-refractivity contribution in [2.24, 2.45) is 5.41 Å². The van der Waals surface area contributed by atoms with E-state index < -0.39 is 0 Å². The zero-order valence-electron chi connectivity index (χ0n) is 12.4. The van der Waals surface area contributed by atoms with Crippen LogP contribution in [0.15, 0.2) is 30.4 Å². The van der Waals surface area contributed by atoms with E-state index in [9.17, 15) is 4.79 Å². The summed E-state index contributed by atoms with van der Waals surface area (Å²) in [5.41, 5.74) is 0.849. The lowest BCUT2D eigenvalue weighted by atomic mass is 9.65. The number of allylic oxidation sites excluding steroid dienone is 2. The molecule has 21 heavy (non-hydrogen) atoms. The van der Waals surface area contributed by atoms with Gasteiger partial charge in [0.1, 0.15) is 6.29 Å². The van der Waals surface area contributed by atoms with Gasteiger partial charge >= 0.3 is 0 Å². The lowest BCUT2D eigenvalue weighted by Gasteiger charge is -2.38. The van der Waals surface area contributed by atoms with Gasteiger partial charge in [0.15, 0.2) is 0 Å². The number of rotatable bonds is 6. The highest BCUT2D eigenvalue weighted by atomic mass is 35.5. The molecular formula is C18H22Cl2O. The van der Waals surface area contributed by atoms with Crippen LogP contribution in [0, 0.1) is 5.41 Å². The van der Waals surface area contributed by atoms with Gasteiger partial charge in [0.05, 0.1) is 10.0 Å². The first kappa shape index (κ1) is 16.6. The molecule has 1 aliphatic carbocycles. The Morgan fingerprint density at radius 1 is 1.29 bits per heavy atom. The smallest absolute Gasteiger partial charge is 0.127 e. The van der Waals surface area contributed by atoms with Crippen molar-refractivity contribution in [3.05, 3.63) is 46.0 Å². The number of hydrogen-bond donors (Lipinski definition) is 0. The number of hydrogen-bond acceptors (Lipinski definition) is 1. The lowest BCUT2D eigenvalue weighted by molar-refractivity contribution is -0.118. The SMILES string of the molecule is CCCCC(c1ccc(Cl)c(Cl)c1)C1(C=O)CC=CCC1. The predicted molar refractivity (Wildman–Crippen MR) is 90.2 cm³/mol. The largest absolute Gasteiger partial charge is 0.303 e. The van der Waals surface area contributed by atoms with Crippen LogP contribution in [-0.4, -0.2) is 6.29 Å². The van der Waals surface area contributed by atoms with Gasteiger partial charge in [-0.25, -0.2) is 0 Å². The number of benzene rings is 1. The van der Waals surface area contributed by atoms with Gasteiger partial charge in [-0.3, -0.25) is 0 Å². The summed E-state index contributed by atoms with van der Waals surface area (Å²) in [4.78, 5) is 11.9. The summed E-state index contributed by atoms with van der Waals surface area (Å²) < 4.78 is 0. The van der Waals surface area contributed by atoms with E-state index in [1.165, 1.54) is 6.29 Å². The Morgan fingerprint density at radius 2 is 2.10 bits per heavy atom. The Morgan fingerprint density at radius 3 is 2.67 bits per heavy atom. The van der Waals surface area contributed by atoms with E-state index in [1.54, 1.807) is 0 Å². The second kappa shape index (κ2) is 7.47. The fourth-order valence-electron chi connectivity index (χ4n) is 3.30. The van der Waals surface area contributed by atoms with Crippen LogP contribution in [-0.2, 0) is 4.79 Å². The first-order chi connectivity index (χ1) is 10.1. The third kappa shape index (κ3) is 3.70. The van der Waals surface area contributed by atoms with Crippen molar-refractivity contribution in [2.45, 2.75) is 51.4 Å². The molecule has 0 N–H and O–H groups in total. The Balaban J connectivity index is 2.38. The molecule has 1 aromatic rings. The molecule has 1 nitrogen and oxygen atoms in total. The monoisotopic (exact) mass is 324 g/mol. The van der Waals surface area contributed by atoms with Crippen LogP contribution >= 0.6 is 23.2 Å². The summed E-state index contributed by atoms with van der Waals surface area (Å²) in [6.07, 6.45) is 11.5. The summed E-state index contributed by atoms with van der Waals surface area (Å²) in [6, 6.07) is 5.81. The van der Waals surface area contributed by atoms with E-state index in [0.717, 1.165) is 44.1 Å². The highest BCUT2D eigenvalue weighted by molar-refractivity contribution is 6.42. The molecule has 0 fully saturated rings. The van der Waals surface area contributed by atoms with E-state index in [2.05, 4.69) is 19.1 Å². The molecule has 0 aliphatic heterocycles. The number of halogens is 2. The van der Waals surface area contributed by atoms with Crippen molar-refractivity contribution in [1.29, 1.82) is 0 Å². The topological polar surface area (TPSA) is 17.1 Å². The van der Waals surface area contributed by atoms with Crippen molar-refractivity contribution in [1.82, 2.24) is 0 Å². The molecule has 2 rings (SSSR count). The van der Waals surface area contributed by atoms with Gasteiger partial charge in [-0.2, -0.15) is 0 Å². The van der Waals surface area contributed by atoms with Crippen molar-refractivity contribution in [2.75, 3.05) is 0 Å². The van der Waals surface area contributed by atoms with Gasteiger partial charge in [-0.15, -0.1) is 0 Å². The number of unbranched alkanes of at least 4 members (excludes halogenated alkanes) is 1. The predicted octanol–water partition coefficient (Wildman–Crippen LogP) is 6.19. The molecule has 0 saturated carbocycles. The number of aldehydes is 1. The maximum absolute atomic E-state index is 11.9. The van der Waals surface area contributed by atoms with Crippen LogP contribution in [0.25, 0.3) is 0 Å². The molecule has 0 spiro atoms. The Bertz CT molecular complexity index is 524. The maximum Gasteiger partial charge on any atom is 0.127 e. The molecule has 2 atom stereocenters. The summed E-state index contributed by atoms with van der Waals surface area (Å²) in [6.45, 7) is 2.18. The van der Waals surface area contributed by atoms with E-state index >= 15 is 0 Å². The van der Waals surface area contributed by atoms with Crippen molar-refractivity contribution >= 4 is 29.5 Å². The summed E-state index contributed by atoms with van der Waals surface area (Å²) >= 11 is 12.2. The molecule has 0 aromatic heterocycles. The lowest BCUT2D eigenvalue weighted by Crippen LogP contribution is -2.32. The molecule has 1 aromatic carbocycles. The average Bonchev–Trinajstić information content (AvgIpc) is 2.52. The first-order valence-corrected chi connectivity index (χ1v) is 8.45. The van der Waals surface area contributed by atoms with E-state index in [0.29, 0.717) is 10.0 Å². The number of carbonyl (C=O) groups excluding carboxylic acids is 1. The average molecular weight is 325 g/mol. The fourth-order valence-corrected chi connectivity index (χ4v) is 3.61. The van der Waals surface area contributed by atoms with Crippen molar-refractivity contribution < 1.29 is 4.79 Å². The normalized spacial score (nSPS) is 23.0. The molecule has 0 bridgehead atoms. The van der Waals surface area contributed by atoms with Crippen LogP contribution in [0.5, 0.6) is 0 Å². The van der Waals surface area contributed by atoms with E-state index in [-0.39, 0.29) is 11.3 Å². The quantitative estimate of drug-likeness (QED) is 0.450. The summed E-state index contributed by atoms with van der Waals surface area (Å²) in [5, 5.41) is 1.14. The molecule has 0 saturated heterocycles. The first-order valence-electron chi connectivity index (χ1n) is 7.69. The zero-order valence-corrected chi connectivity index (χ0v) is 14.0. The van der Waals surface area contributed by atoms with E-state index in [1.807, 2.05) is 18.2 Å². The molecule has 0 amide bonds.